The standard InChI is InChI=1S/C31H40FN3O7/c1-8-14-15-11-16-24(35(6)7)26(38)23(29(33)41)28(40)31(16,42)27(39)22(15)25(37)20-13(2)18(12-17(32)21(14)20)34-19(36)9-10-30(3,4)5/h12,14-16,24,37,40,42H,8-11H2,1-7H3,(H2,33,41)(H,34,36)/t14-,15-,16+,24+,31+/m1/s1. The summed E-state index contributed by atoms with van der Waals surface area (Å²) in [5.41, 5.74) is 2.14. The van der Waals surface area contributed by atoms with E-state index in [4.69, 9.17) is 5.73 Å². The van der Waals surface area contributed by atoms with Crippen molar-refractivity contribution in [1.82, 2.24) is 4.90 Å². The van der Waals surface area contributed by atoms with E-state index in [0.29, 0.717) is 18.4 Å². The molecule has 0 heterocycles. The Morgan fingerprint density at radius 1 is 1.21 bits per heavy atom. The van der Waals surface area contributed by atoms with Gasteiger partial charge in [0.1, 0.15) is 22.9 Å². The summed E-state index contributed by atoms with van der Waals surface area (Å²) in [7, 11) is 3.07. The molecule has 3 aliphatic rings. The SMILES string of the molecule is CC[C@H]1c2c(F)cc(NC(=O)CCC(C)(C)C)c(C)c2C(O)=C2C(=O)[C@]3(O)C(O)=C(C(N)=O)C(=O)[C@@H](N(C)C)[C@@H]3C[C@@H]21. The molecule has 0 aromatic heterocycles. The maximum Gasteiger partial charge on any atom is 0.255 e. The maximum absolute atomic E-state index is 15.9. The number of rotatable bonds is 6. The Morgan fingerprint density at radius 3 is 2.36 bits per heavy atom. The number of aliphatic hydroxyl groups excluding tert-OH is 2. The number of benzene rings is 1. The Hall–Kier alpha value is -3.57. The van der Waals surface area contributed by atoms with Crippen molar-refractivity contribution in [2.75, 3.05) is 19.4 Å². The summed E-state index contributed by atoms with van der Waals surface area (Å²) in [5.74, 6) is -8.59. The largest absolute Gasteiger partial charge is 0.508 e. The lowest BCUT2D eigenvalue weighted by atomic mass is 9.55. The number of anilines is 1. The van der Waals surface area contributed by atoms with E-state index in [9.17, 15) is 34.5 Å². The second-order valence-corrected chi connectivity index (χ2v) is 13.1. The smallest absolute Gasteiger partial charge is 0.255 e. The number of carbonyl (C=O) groups is 4. The summed E-state index contributed by atoms with van der Waals surface area (Å²) in [6, 6.07) is 0.0168. The van der Waals surface area contributed by atoms with Gasteiger partial charge >= 0.3 is 0 Å². The molecule has 2 amide bonds. The Morgan fingerprint density at radius 2 is 1.83 bits per heavy atom. The van der Waals surface area contributed by atoms with E-state index in [1.165, 1.54) is 25.1 Å². The molecule has 0 unspecified atom stereocenters. The van der Waals surface area contributed by atoms with Crippen LogP contribution in [0.4, 0.5) is 10.1 Å². The summed E-state index contributed by atoms with van der Waals surface area (Å²) in [6.45, 7) is 9.39. The van der Waals surface area contributed by atoms with Gasteiger partial charge in [0.15, 0.2) is 11.4 Å². The van der Waals surface area contributed by atoms with Gasteiger partial charge in [0, 0.05) is 34.7 Å². The van der Waals surface area contributed by atoms with E-state index < -0.39 is 69.8 Å². The molecule has 6 N–H and O–H groups in total. The van der Waals surface area contributed by atoms with Gasteiger partial charge < -0.3 is 26.4 Å². The van der Waals surface area contributed by atoms with Gasteiger partial charge in [-0.3, -0.25) is 24.1 Å². The molecule has 1 aromatic carbocycles. The van der Waals surface area contributed by atoms with Crippen LogP contribution in [0.1, 0.15) is 76.0 Å². The topological polar surface area (TPSA) is 170 Å². The molecule has 11 heteroatoms. The molecule has 1 saturated carbocycles. The lowest BCUT2D eigenvalue weighted by Gasteiger charge is -2.51. The third kappa shape index (κ3) is 4.72. The van der Waals surface area contributed by atoms with Gasteiger partial charge in [-0.1, -0.05) is 27.7 Å². The number of halogens is 1. The van der Waals surface area contributed by atoms with E-state index in [1.54, 1.807) is 13.8 Å². The highest BCUT2D eigenvalue weighted by Crippen LogP contribution is 2.57. The Balaban J connectivity index is 1.91. The van der Waals surface area contributed by atoms with Crippen LogP contribution in [0, 0.1) is 30.0 Å². The predicted molar refractivity (Wildman–Crippen MR) is 154 cm³/mol. The van der Waals surface area contributed by atoms with E-state index >= 15 is 4.39 Å². The number of aliphatic hydroxyl groups is 3. The summed E-state index contributed by atoms with van der Waals surface area (Å²) in [6.07, 6.45) is 1.06. The molecule has 0 spiro atoms. The normalized spacial score (nSPS) is 27.6. The Kier molecular flexibility index (Phi) is 7.92. The van der Waals surface area contributed by atoms with Crippen LogP contribution in [-0.4, -0.2) is 69.3 Å². The first-order chi connectivity index (χ1) is 19.4. The van der Waals surface area contributed by atoms with Crippen molar-refractivity contribution in [3.63, 3.8) is 0 Å². The van der Waals surface area contributed by atoms with Gasteiger partial charge in [-0.05, 0) is 69.2 Å². The Labute approximate surface area is 244 Å². The number of primary amides is 1. The number of hydrogen-bond donors (Lipinski definition) is 5. The average Bonchev–Trinajstić information content (AvgIpc) is 2.87. The molecule has 4 rings (SSSR count). The van der Waals surface area contributed by atoms with E-state index in [2.05, 4.69) is 5.32 Å². The van der Waals surface area contributed by atoms with E-state index in [0.717, 1.165) is 0 Å². The van der Waals surface area contributed by atoms with E-state index in [-0.39, 0.29) is 46.6 Å². The third-order valence-corrected chi connectivity index (χ3v) is 9.04. The minimum atomic E-state index is -2.73. The molecular weight excluding hydrogens is 545 g/mol. The first-order valence-electron chi connectivity index (χ1n) is 14.2. The van der Waals surface area contributed by atoms with Crippen LogP contribution in [0.5, 0.6) is 0 Å². The number of carbonyl (C=O) groups excluding carboxylic acids is 4. The van der Waals surface area contributed by atoms with Crippen molar-refractivity contribution < 1.29 is 38.9 Å². The van der Waals surface area contributed by atoms with Gasteiger partial charge in [0.2, 0.25) is 11.7 Å². The number of ketones is 2. The monoisotopic (exact) mass is 585 g/mol. The molecule has 228 valence electrons. The van der Waals surface area contributed by atoms with Gasteiger partial charge in [0.25, 0.3) is 5.91 Å². The first-order valence-corrected chi connectivity index (χ1v) is 14.2. The highest BCUT2D eigenvalue weighted by molar-refractivity contribution is 6.24. The fraction of sp³-hybridized carbons (Fsp3) is 0.548. The van der Waals surface area contributed by atoms with Crippen molar-refractivity contribution in [2.45, 2.75) is 77.9 Å². The van der Waals surface area contributed by atoms with Crippen molar-refractivity contribution in [3.8, 4) is 0 Å². The van der Waals surface area contributed by atoms with Crippen LogP contribution in [0.2, 0.25) is 0 Å². The second-order valence-electron chi connectivity index (χ2n) is 13.1. The molecule has 1 fully saturated rings. The van der Waals surface area contributed by atoms with Gasteiger partial charge in [0.05, 0.1) is 6.04 Å². The maximum atomic E-state index is 15.9. The Bertz CT molecular complexity index is 1450. The van der Waals surface area contributed by atoms with Crippen LogP contribution in [0.15, 0.2) is 23.0 Å². The zero-order valence-electron chi connectivity index (χ0n) is 25.1. The highest BCUT2D eigenvalue weighted by Gasteiger charge is 2.65. The quantitative estimate of drug-likeness (QED) is 0.316. The van der Waals surface area contributed by atoms with Gasteiger partial charge in [-0.15, -0.1) is 0 Å². The number of likely N-dealkylation sites (N-methyl/N-ethyl adjacent to an activating group) is 1. The molecule has 0 saturated heterocycles. The molecule has 3 aliphatic carbocycles. The fourth-order valence-corrected chi connectivity index (χ4v) is 6.96. The minimum Gasteiger partial charge on any atom is -0.508 e. The van der Waals surface area contributed by atoms with Crippen LogP contribution in [0.3, 0.4) is 0 Å². The molecule has 0 radical (unpaired) electrons. The number of Topliss-reactive ketones (excluding diaryl/α,β-unsaturated/α-hetero) is 2. The van der Waals surface area contributed by atoms with Crippen molar-refractivity contribution in [3.05, 3.63) is 45.5 Å². The van der Waals surface area contributed by atoms with Gasteiger partial charge in [-0.2, -0.15) is 0 Å². The third-order valence-electron chi connectivity index (χ3n) is 9.04. The van der Waals surface area contributed by atoms with Crippen molar-refractivity contribution >= 4 is 34.8 Å². The summed E-state index contributed by atoms with van der Waals surface area (Å²) < 4.78 is 15.9. The van der Waals surface area contributed by atoms with Crippen LogP contribution in [0.25, 0.3) is 5.76 Å². The summed E-state index contributed by atoms with van der Waals surface area (Å²) in [5, 5.41) is 37.2. The number of fused-ring (bicyclic) bond motifs is 3. The minimum absolute atomic E-state index is 0.0317. The molecule has 1 aromatic rings. The lowest BCUT2D eigenvalue weighted by molar-refractivity contribution is -0.154. The summed E-state index contributed by atoms with van der Waals surface area (Å²) >= 11 is 0. The number of amides is 2. The van der Waals surface area contributed by atoms with Crippen LogP contribution >= 0.6 is 0 Å². The average molecular weight is 586 g/mol. The molecule has 10 nitrogen and oxygen atoms in total. The van der Waals surface area contributed by atoms with Crippen molar-refractivity contribution in [1.29, 1.82) is 0 Å². The molecule has 5 atom stereocenters. The zero-order chi connectivity index (χ0) is 31.6. The molecular formula is C31H40FN3O7. The molecule has 0 aliphatic heterocycles. The predicted octanol–water partition coefficient (Wildman–Crippen LogP) is 3.42. The first kappa shape index (κ1) is 31.4. The van der Waals surface area contributed by atoms with Crippen LogP contribution in [-0.2, 0) is 19.2 Å². The molecule has 0 bridgehead atoms. The second kappa shape index (κ2) is 10.6. The van der Waals surface area contributed by atoms with Gasteiger partial charge in [-0.25, -0.2) is 4.39 Å². The van der Waals surface area contributed by atoms with Crippen LogP contribution < -0.4 is 11.1 Å². The van der Waals surface area contributed by atoms with Crippen molar-refractivity contribution in [2.24, 2.45) is 23.0 Å². The summed E-state index contributed by atoms with van der Waals surface area (Å²) in [4.78, 5) is 53.8. The number of nitrogens with zero attached hydrogens (tertiary/aromatic N) is 1. The van der Waals surface area contributed by atoms with E-state index in [1.807, 2.05) is 20.8 Å². The zero-order valence-corrected chi connectivity index (χ0v) is 25.1. The number of nitrogens with one attached hydrogen (secondary N) is 1. The number of nitrogens with two attached hydrogens (primary N) is 1. The molecule has 42 heavy (non-hydrogen) atoms. The number of hydrogen-bond acceptors (Lipinski definition) is 8. The lowest BCUT2D eigenvalue weighted by Crippen LogP contribution is -2.66. The fourth-order valence-electron chi connectivity index (χ4n) is 6.96. The highest BCUT2D eigenvalue weighted by atomic mass is 19.1.